The largest absolute Gasteiger partial charge is 0.504 e. The summed E-state index contributed by atoms with van der Waals surface area (Å²) in [5.74, 6) is 0.265. The highest BCUT2D eigenvalue weighted by Crippen LogP contribution is 2.31. The Hall–Kier alpha value is -2.25. The summed E-state index contributed by atoms with van der Waals surface area (Å²) in [4.78, 5) is 17.1. The van der Waals surface area contributed by atoms with E-state index in [1.54, 1.807) is 24.3 Å². The van der Waals surface area contributed by atoms with Gasteiger partial charge < -0.3 is 15.2 Å². The Morgan fingerprint density at radius 2 is 2.04 bits per heavy atom. The fourth-order valence-corrected chi connectivity index (χ4v) is 3.26. The van der Waals surface area contributed by atoms with E-state index in [-0.39, 0.29) is 11.7 Å². The smallest absolute Gasteiger partial charge is 0.264 e. The second-order valence-corrected chi connectivity index (χ2v) is 7.06. The summed E-state index contributed by atoms with van der Waals surface area (Å²) >= 11 is 4.65. The number of amidine groups is 1. The first-order valence-corrected chi connectivity index (χ1v) is 9.17. The van der Waals surface area contributed by atoms with Gasteiger partial charge in [0.05, 0.1) is 17.2 Å². The topological polar surface area (TPSA) is 70.9 Å². The lowest BCUT2D eigenvalue weighted by molar-refractivity contribution is -0.115. The number of nitrogens with one attached hydrogen (secondary N) is 1. The Kier molecular flexibility index (Phi) is 5.45. The Morgan fingerprint density at radius 1 is 1.28 bits per heavy atom. The molecule has 0 atom stereocenters. The van der Waals surface area contributed by atoms with E-state index in [1.807, 2.05) is 31.2 Å². The number of hydrogen-bond donors (Lipinski definition) is 2. The summed E-state index contributed by atoms with van der Waals surface area (Å²) in [6.07, 6.45) is 1.74. The van der Waals surface area contributed by atoms with Crippen molar-refractivity contribution in [3.63, 3.8) is 0 Å². The van der Waals surface area contributed by atoms with Crippen molar-refractivity contribution in [3.8, 4) is 11.5 Å². The number of amides is 1. The first kappa shape index (κ1) is 17.6. The zero-order valence-corrected chi connectivity index (χ0v) is 15.7. The molecule has 0 aliphatic carbocycles. The van der Waals surface area contributed by atoms with Gasteiger partial charge in [0.2, 0.25) is 0 Å². The van der Waals surface area contributed by atoms with Gasteiger partial charge in [-0.05, 0) is 66.7 Å². The number of thioether (sulfide) groups is 1. The summed E-state index contributed by atoms with van der Waals surface area (Å²) in [6.45, 7) is 2.29. The van der Waals surface area contributed by atoms with E-state index in [1.165, 1.54) is 11.8 Å². The van der Waals surface area contributed by atoms with Crippen LogP contribution in [0.5, 0.6) is 11.5 Å². The molecule has 1 fully saturated rings. The van der Waals surface area contributed by atoms with Gasteiger partial charge in [0.1, 0.15) is 0 Å². The maximum absolute atomic E-state index is 12.1. The van der Waals surface area contributed by atoms with Gasteiger partial charge in [-0.25, -0.2) is 4.99 Å². The number of phenols is 1. The molecule has 1 aliphatic rings. The molecule has 1 amide bonds. The van der Waals surface area contributed by atoms with E-state index in [4.69, 9.17) is 4.74 Å². The van der Waals surface area contributed by atoms with E-state index in [0.717, 1.165) is 15.7 Å². The summed E-state index contributed by atoms with van der Waals surface area (Å²) in [5, 5.41) is 13.0. The van der Waals surface area contributed by atoms with Crippen molar-refractivity contribution in [1.29, 1.82) is 0 Å². The van der Waals surface area contributed by atoms with Gasteiger partial charge in [-0.3, -0.25) is 4.79 Å². The molecule has 7 heteroatoms. The number of aliphatic imine (C=N–C) groups is 1. The quantitative estimate of drug-likeness (QED) is 0.719. The second-order valence-electron chi connectivity index (χ2n) is 5.12. The predicted octanol–water partition coefficient (Wildman–Crippen LogP) is 4.45. The molecule has 2 aromatic rings. The van der Waals surface area contributed by atoms with E-state index in [0.29, 0.717) is 22.4 Å². The van der Waals surface area contributed by atoms with Gasteiger partial charge in [0.25, 0.3) is 5.91 Å². The number of ether oxygens (including phenoxy) is 1. The zero-order chi connectivity index (χ0) is 17.8. The monoisotopic (exact) mass is 418 g/mol. The molecule has 25 heavy (non-hydrogen) atoms. The molecule has 2 N–H and O–H groups in total. The maximum Gasteiger partial charge on any atom is 0.264 e. The molecule has 128 valence electrons. The van der Waals surface area contributed by atoms with Crippen LogP contribution in [0.1, 0.15) is 12.5 Å². The highest BCUT2D eigenvalue weighted by Gasteiger charge is 2.23. The van der Waals surface area contributed by atoms with Crippen LogP contribution in [0.4, 0.5) is 5.69 Å². The Balaban J connectivity index is 1.81. The minimum Gasteiger partial charge on any atom is -0.504 e. The van der Waals surface area contributed by atoms with Crippen molar-refractivity contribution in [3.05, 3.63) is 57.4 Å². The lowest BCUT2D eigenvalue weighted by atomic mass is 10.2. The summed E-state index contributed by atoms with van der Waals surface area (Å²) in [5.41, 5.74) is 1.53. The van der Waals surface area contributed by atoms with Crippen molar-refractivity contribution in [2.24, 2.45) is 4.99 Å². The summed E-state index contributed by atoms with van der Waals surface area (Å²) in [7, 11) is 0. The van der Waals surface area contributed by atoms with Crippen LogP contribution in [0.15, 0.2) is 56.8 Å². The van der Waals surface area contributed by atoms with Crippen molar-refractivity contribution in [2.45, 2.75) is 6.92 Å². The molecule has 0 aromatic heterocycles. The predicted molar refractivity (Wildman–Crippen MR) is 104 cm³/mol. The number of benzene rings is 2. The first-order chi connectivity index (χ1) is 12.0. The third kappa shape index (κ3) is 4.43. The van der Waals surface area contributed by atoms with Crippen LogP contribution in [0.25, 0.3) is 6.08 Å². The number of hydrogen-bond acceptors (Lipinski definition) is 5. The third-order valence-electron chi connectivity index (χ3n) is 3.29. The molecule has 2 aromatic carbocycles. The van der Waals surface area contributed by atoms with Gasteiger partial charge in [-0.15, -0.1) is 0 Å². The molecule has 3 rings (SSSR count). The number of rotatable bonds is 4. The van der Waals surface area contributed by atoms with Gasteiger partial charge in [0.15, 0.2) is 16.7 Å². The standard InChI is InChI=1S/C18H15BrN2O3S/c1-2-24-15-9-11(3-8-14(15)22)10-16-17(23)21-18(25-16)20-13-6-4-12(19)5-7-13/h3-10,22H,2H2,1H3,(H,20,21,23)/b16-10-. The lowest BCUT2D eigenvalue weighted by Crippen LogP contribution is -2.19. The van der Waals surface area contributed by atoms with Crippen LogP contribution >= 0.6 is 27.7 Å². The van der Waals surface area contributed by atoms with Crippen LogP contribution in [-0.2, 0) is 4.79 Å². The van der Waals surface area contributed by atoms with E-state index in [2.05, 4.69) is 26.2 Å². The maximum atomic E-state index is 12.1. The number of carbonyl (C=O) groups is 1. The van der Waals surface area contributed by atoms with Gasteiger partial charge >= 0.3 is 0 Å². The molecule has 0 unspecified atom stereocenters. The van der Waals surface area contributed by atoms with Crippen LogP contribution < -0.4 is 10.1 Å². The number of carbonyl (C=O) groups excluding carboxylic acids is 1. The first-order valence-electron chi connectivity index (χ1n) is 7.56. The van der Waals surface area contributed by atoms with Crippen LogP contribution in [0.2, 0.25) is 0 Å². The number of aromatic hydroxyl groups is 1. The molecule has 1 heterocycles. The molecular weight excluding hydrogens is 404 g/mol. The minimum atomic E-state index is -0.202. The van der Waals surface area contributed by atoms with Crippen molar-refractivity contribution >= 4 is 50.5 Å². The van der Waals surface area contributed by atoms with E-state index >= 15 is 0 Å². The van der Waals surface area contributed by atoms with E-state index in [9.17, 15) is 9.90 Å². The number of nitrogens with zero attached hydrogens (tertiary/aromatic N) is 1. The van der Waals surface area contributed by atoms with Gasteiger partial charge in [-0.1, -0.05) is 22.0 Å². The Morgan fingerprint density at radius 3 is 2.76 bits per heavy atom. The fourth-order valence-electron chi connectivity index (χ4n) is 2.16. The normalized spacial score (nSPS) is 17.1. The fraction of sp³-hybridized carbons (Fsp3) is 0.111. The third-order valence-corrected chi connectivity index (χ3v) is 4.73. The van der Waals surface area contributed by atoms with Crippen molar-refractivity contribution in [2.75, 3.05) is 6.61 Å². The molecule has 1 saturated heterocycles. The second kappa shape index (κ2) is 7.76. The number of phenolic OH excluding ortho intramolecular Hbond substituents is 1. The lowest BCUT2D eigenvalue weighted by Gasteiger charge is -2.06. The average molecular weight is 419 g/mol. The van der Waals surface area contributed by atoms with Gasteiger partial charge in [0, 0.05) is 4.47 Å². The SMILES string of the molecule is CCOc1cc(/C=C2\SC(=Nc3ccc(Br)cc3)NC2=O)ccc1O. The summed E-state index contributed by atoms with van der Waals surface area (Å²) in [6, 6.07) is 12.5. The number of halogens is 1. The van der Waals surface area contributed by atoms with Crippen LogP contribution in [-0.4, -0.2) is 22.8 Å². The van der Waals surface area contributed by atoms with Crippen molar-refractivity contribution < 1.29 is 14.6 Å². The zero-order valence-electron chi connectivity index (χ0n) is 13.3. The van der Waals surface area contributed by atoms with Crippen LogP contribution in [0.3, 0.4) is 0 Å². The molecule has 0 saturated carbocycles. The molecule has 5 nitrogen and oxygen atoms in total. The highest BCUT2D eigenvalue weighted by atomic mass is 79.9. The van der Waals surface area contributed by atoms with Crippen molar-refractivity contribution in [1.82, 2.24) is 5.32 Å². The Bertz CT molecular complexity index is 863. The molecule has 1 aliphatic heterocycles. The molecule has 0 radical (unpaired) electrons. The van der Waals surface area contributed by atoms with E-state index < -0.39 is 0 Å². The average Bonchev–Trinajstić information content (AvgIpc) is 2.92. The highest BCUT2D eigenvalue weighted by molar-refractivity contribution is 9.10. The van der Waals surface area contributed by atoms with Gasteiger partial charge in [-0.2, -0.15) is 0 Å². The Labute approximate surface area is 157 Å². The minimum absolute atomic E-state index is 0.0741. The van der Waals surface area contributed by atoms with Crippen LogP contribution in [0, 0.1) is 0 Å². The summed E-state index contributed by atoms with van der Waals surface area (Å²) < 4.78 is 6.33. The molecular formula is C18H15BrN2O3S. The molecule has 0 bridgehead atoms. The molecule has 0 spiro atoms.